The lowest BCUT2D eigenvalue weighted by Gasteiger charge is -2.59. The second kappa shape index (κ2) is 5.09. The van der Waals surface area contributed by atoms with E-state index in [9.17, 15) is 0 Å². The van der Waals surface area contributed by atoms with Crippen LogP contribution < -0.4 is 5.32 Å². The van der Waals surface area contributed by atoms with Crippen LogP contribution in [-0.2, 0) is 0 Å². The van der Waals surface area contributed by atoms with Gasteiger partial charge in [0, 0.05) is 15.8 Å². The minimum Gasteiger partial charge on any atom is -0.309 e. The van der Waals surface area contributed by atoms with Crippen LogP contribution in [0, 0.1) is 37.0 Å². The first-order valence-electron chi connectivity index (χ1n) is 8.90. The molecule has 21 heavy (non-hydrogen) atoms. The van der Waals surface area contributed by atoms with Crippen LogP contribution in [0.1, 0.15) is 66.8 Å². The van der Waals surface area contributed by atoms with E-state index in [0.717, 1.165) is 24.3 Å². The predicted molar refractivity (Wildman–Crippen MR) is 90.8 cm³/mol. The Bertz CT molecular complexity index is 494. The van der Waals surface area contributed by atoms with Crippen molar-refractivity contribution in [2.24, 2.45) is 23.2 Å². The predicted octanol–water partition coefficient (Wildman–Crippen LogP) is 5.23. The third-order valence-electron chi connectivity index (χ3n) is 6.45. The molecule has 0 aliphatic heterocycles. The van der Waals surface area contributed by atoms with Crippen LogP contribution in [0.4, 0.5) is 0 Å². The Morgan fingerprint density at radius 3 is 2.14 bits per heavy atom. The zero-order valence-electron chi connectivity index (χ0n) is 13.7. The van der Waals surface area contributed by atoms with E-state index in [2.05, 4.69) is 32.2 Å². The lowest BCUT2D eigenvalue weighted by molar-refractivity contribution is -0.0740. The van der Waals surface area contributed by atoms with Crippen LogP contribution in [0.2, 0.25) is 0 Å². The molecule has 4 fully saturated rings. The van der Waals surface area contributed by atoms with Crippen molar-refractivity contribution in [2.75, 3.05) is 6.54 Å². The summed E-state index contributed by atoms with van der Waals surface area (Å²) in [5.74, 6) is 3.12. The van der Waals surface area contributed by atoms with E-state index in [-0.39, 0.29) is 0 Å². The SMILES string of the molecule is CCNC(c1sc(C)cc1C)C12CC3CC(CC(C3)C1)C2. The molecule has 0 radical (unpaired) electrons. The van der Waals surface area contributed by atoms with Gasteiger partial charge in [0.1, 0.15) is 0 Å². The van der Waals surface area contributed by atoms with E-state index in [0.29, 0.717) is 11.5 Å². The highest BCUT2D eigenvalue weighted by Gasteiger charge is 2.54. The molecule has 5 rings (SSSR count). The minimum absolute atomic E-state index is 0.576. The molecule has 2 heteroatoms. The highest BCUT2D eigenvalue weighted by molar-refractivity contribution is 7.12. The summed E-state index contributed by atoms with van der Waals surface area (Å²) in [6.07, 6.45) is 9.11. The first-order valence-corrected chi connectivity index (χ1v) is 9.71. The number of thiophene rings is 1. The van der Waals surface area contributed by atoms with Gasteiger partial charge in [-0.25, -0.2) is 0 Å². The maximum Gasteiger partial charge on any atom is 0.0474 e. The largest absolute Gasteiger partial charge is 0.309 e. The molecule has 1 aromatic rings. The number of aryl methyl sites for hydroxylation is 2. The van der Waals surface area contributed by atoms with Crippen molar-refractivity contribution in [3.63, 3.8) is 0 Å². The van der Waals surface area contributed by atoms with Gasteiger partial charge in [-0.05, 0) is 93.7 Å². The highest BCUT2D eigenvalue weighted by Crippen LogP contribution is 2.64. The zero-order valence-corrected chi connectivity index (χ0v) is 14.6. The first-order chi connectivity index (χ1) is 10.1. The second-order valence-corrected chi connectivity index (χ2v) is 9.46. The van der Waals surface area contributed by atoms with Gasteiger partial charge in [-0.1, -0.05) is 6.92 Å². The number of rotatable bonds is 4. The molecule has 0 amide bonds. The third kappa shape index (κ3) is 2.30. The summed E-state index contributed by atoms with van der Waals surface area (Å²) in [5.41, 5.74) is 2.10. The smallest absolute Gasteiger partial charge is 0.0474 e. The van der Waals surface area contributed by atoms with Gasteiger partial charge >= 0.3 is 0 Å². The van der Waals surface area contributed by atoms with Crippen LogP contribution >= 0.6 is 11.3 Å². The fourth-order valence-electron chi connectivity index (χ4n) is 6.27. The normalized spacial score (nSPS) is 38.9. The van der Waals surface area contributed by atoms with Crippen molar-refractivity contribution in [1.82, 2.24) is 5.32 Å². The molecule has 4 aliphatic carbocycles. The molecule has 0 saturated heterocycles. The molecule has 1 atom stereocenters. The van der Waals surface area contributed by atoms with Crippen LogP contribution in [0.15, 0.2) is 6.07 Å². The molecule has 1 N–H and O–H groups in total. The van der Waals surface area contributed by atoms with Gasteiger partial charge < -0.3 is 5.32 Å². The summed E-state index contributed by atoms with van der Waals surface area (Å²) >= 11 is 2.05. The second-order valence-electron chi connectivity index (χ2n) is 8.17. The van der Waals surface area contributed by atoms with E-state index in [4.69, 9.17) is 0 Å². The fraction of sp³-hybridized carbons (Fsp3) is 0.789. The molecular weight excluding hydrogens is 274 g/mol. The summed E-state index contributed by atoms with van der Waals surface area (Å²) in [4.78, 5) is 3.13. The van der Waals surface area contributed by atoms with Crippen LogP contribution in [0.25, 0.3) is 0 Å². The fourth-order valence-corrected chi connectivity index (χ4v) is 7.52. The van der Waals surface area contributed by atoms with Gasteiger partial charge in [0.15, 0.2) is 0 Å². The van der Waals surface area contributed by atoms with Gasteiger partial charge in [0.05, 0.1) is 0 Å². The molecular formula is C19H29NS. The maximum absolute atomic E-state index is 3.92. The Morgan fingerprint density at radius 1 is 1.14 bits per heavy atom. The number of hydrogen-bond donors (Lipinski definition) is 1. The van der Waals surface area contributed by atoms with Gasteiger partial charge in [-0.3, -0.25) is 0 Å². The maximum atomic E-state index is 3.92. The average molecular weight is 304 g/mol. The van der Waals surface area contributed by atoms with Gasteiger partial charge in [0.25, 0.3) is 0 Å². The average Bonchev–Trinajstić information content (AvgIpc) is 2.73. The van der Waals surface area contributed by atoms with Crippen molar-refractivity contribution >= 4 is 11.3 Å². The summed E-state index contributed by atoms with van der Waals surface area (Å²) in [5, 5.41) is 3.92. The molecule has 0 spiro atoms. The molecule has 4 bridgehead atoms. The highest BCUT2D eigenvalue weighted by atomic mass is 32.1. The Balaban J connectivity index is 1.72. The molecule has 1 unspecified atom stereocenters. The standard InChI is InChI=1S/C19H29NS/c1-4-20-18(17-12(2)5-13(3)21-17)19-9-14-6-15(10-19)8-16(7-14)11-19/h5,14-16,18,20H,4,6-11H2,1-3H3. The minimum atomic E-state index is 0.576. The zero-order chi connectivity index (χ0) is 14.6. The van der Waals surface area contributed by atoms with Crippen LogP contribution in [0.3, 0.4) is 0 Å². The monoisotopic (exact) mass is 303 g/mol. The topological polar surface area (TPSA) is 12.0 Å². The van der Waals surface area contributed by atoms with Gasteiger partial charge in [-0.2, -0.15) is 0 Å². The number of nitrogens with one attached hydrogen (secondary N) is 1. The Morgan fingerprint density at radius 2 is 1.71 bits per heavy atom. The van der Waals surface area contributed by atoms with Crippen molar-refractivity contribution in [3.8, 4) is 0 Å². The van der Waals surface area contributed by atoms with E-state index < -0.39 is 0 Å². The molecule has 1 nitrogen and oxygen atoms in total. The molecule has 4 saturated carbocycles. The quantitative estimate of drug-likeness (QED) is 0.803. The number of hydrogen-bond acceptors (Lipinski definition) is 2. The molecule has 116 valence electrons. The van der Waals surface area contributed by atoms with Crippen molar-refractivity contribution in [3.05, 3.63) is 21.4 Å². The molecule has 4 aliphatic rings. The summed E-state index contributed by atoms with van der Waals surface area (Å²) in [6, 6.07) is 3.01. The van der Waals surface area contributed by atoms with Crippen LogP contribution in [0.5, 0.6) is 0 Å². The van der Waals surface area contributed by atoms with Crippen molar-refractivity contribution < 1.29 is 0 Å². The van der Waals surface area contributed by atoms with Crippen LogP contribution in [-0.4, -0.2) is 6.54 Å². The van der Waals surface area contributed by atoms with Crippen molar-refractivity contribution in [2.45, 2.75) is 65.3 Å². The Hall–Kier alpha value is -0.340. The lowest BCUT2D eigenvalue weighted by Crippen LogP contribution is -2.51. The summed E-state index contributed by atoms with van der Waals surface area (Å²) < 4.78 is 0. The first kappa shape index (κ1) is 14.3. The van der Waals surface area contributed by atoms with E-state index in [1.54, 1.807) is 24.1 Å². The van der Waals surface area contributed by atoms with Gasteiger partial charge in [-0.15, -0.1) is 11.3 Å². The van der Waals surface area contributed by atoms with E-state index in [1.807, 2.05) is 11.3 Å². The van der Waals surface area contributed by atoms with E-state index in [1.165, 1.54) is 29.7 Å². The molecule has 0 aromatic carbocycles. The van der Waals surface area contributed by atoms with Crippen molar-refractivity contribution in [1.29, 1.82) is 0 Å². The van der Waals surface area contributed by atoms with Gasteiger partial charge in [0.2, 0.25) is 0 Å². The molecule has 1 heterocycles. The third-order valence-corrected chi connectivity index (χ3v) is 7.67. The summed E-state index contributed by atoms with van der Waals surface area (Å²) in [7, 11) is 0. The molecule has 1 aromatic heterocycles. The Kier molecular flexibility index (Phi) is 3.46. The Labute approximate surface area is 133 Å². The lowest BCUT2D eigenvalue weighted by atomic mass is 9.47. The van der Waals surface area contributed by atoms with E-state index >= 15 is 0 Å². The summed E-state index contributed by atoms with van der Waals surface area (Å²) in [6.45, 7) is 7.97.